The lowest BCUT2D eigenvalue weighted by Gasteiger charge is -2.13. The van der Waals surface area contributed by atoms with Gasteiger partial charge in [-0.1, -0.05) is 0 Å². The molecule has 0 spiro atoms. The van der Waals surface area contributed by atoms with Gasteiger partial charge in [-0.2, -0.15) is 23.5 Å². The Bertz CT molecular complexity index is 657. The monoisotopic (exact) mass is 282 g/mol. The molecular formula is C12H9F3N4O. The van der Waals surface area contributed by atoms with Gasteiger partial charge < -0.3 is 4.74 Å². The number of alkyl halides is 3. The van der Waals surface area contributed by atoms with Crippen LogP contribution in [0.3, 0.4) is 0 Å². The van der Waals surface area contributed by atoms with Crippen LogP contribution in [0.15, 0.2) is 24.5 Å². The minimum Gasteiger partial charge on any atom is -0.485 e. The normalized spacial score (nSPS) is 11.2. The summed E-state index contributed by atoms with van der Waals surface area (Å²) in [6.45, 7) is -0.147. The maximum atomic E-state index is 12.9. The zero-order valence-corrected chi connectivity index (χ0v) is 10.3. The predicted octanol–water partition coefficient (Wildman–Crippen LogP) is 2.28. The molecule has 1 aromatic heterocycles. The molecule has 5 nitrogen and oxygen atoms in total. The Morgan fingerprint density at radius 1 is 1.40 bits per heavy atom. The maximum absolute atomic E-state index is 12.9. The molecule has 0 unspecified atom stereocenters. The predicted molar refractivity (Wildman–Crippen MR) is 61.5 cm³/mol. The number of benzene rings is 1. The smallest absolute Gasteiger partial charge is 0.420 e. The summed E-state index contributed by atoms with van der Waals surface area (Å²) < 4.78 is 45.2. The first-order chi connectivity index (χ1) is 9.41. The minimum absolute atomic E-state index is 0.0802. The van der Waals surface area contributed by atoms with E-state index in [1.54, 1.807) is 13.1 Å². The van der Waals surface area contributed by atoms with Crippen molar-refractivity contribution in [3.63, 3.8) is 0 Å². The highest BCUT2D eigenvalue weighted by molar-refractivity contribution is 5.43. The highest BCUT2D eigenvalue weighted by atomic mass is 19.4. The van der Waals surface area contributed by atoms with Crippen LogP contribution in [0, 0.1) is 11.3 Å². The molecule has 0 amide bonds. The fraction of sp³-hybridized carbons (Fsp3) is 0.250. The average molecular weight is 282 g/mol. The maximum Gasteiger partial charge on any atom is 0.420 e. The van der Waals surface area contributed by atoms with E-state index in [9.17, 15) is 13.2 Å². The Hall–Kier alpha value is -2.56. The number of aromatic nitrogens is 3. The highest BCUT2D eigenvalue weighted by Gasteiger charge is 2.34. The Morgan fingerprint density at radius 2 is 2.15 bits per heavy atom. The van der Waals surface area contributed by atoms with Gasteiger partial charge in [0.15, 0.2) is 5.82 Å². The number of rotatable bonds is 3. The fourth-order valence-electron chi connectivity index (χ4n) is 1.54. The van der Waals surface area contributed by atoms with Crippen LogP contribution in [-0.4, -0.2) is 14.8 Å². The van der Waals surface area contributed by atoms with Gasteiger partial charge >= 0.3 is 6.18 Å². The molecule has 0 bridgehead atoms. The Balaban J connectivity index is 2.28. The molecule has 0 radical (unpaired) electrons. The first-order valence-electron chi connectivity index (χ1n) is 5.49. The van der Waals surface area contributed by atoms with Gasteiger partial charge in [0, 0.05) is 7.05 Å². The summed E-state index contributed by atoms with van der Waals surface area (Å²) in [4.78, 5) is 3.85. The van der Waals surface area contributed by atoms with Crippen molar-refractivity contribution in [3.05, 3.63) is 41.5 Å². The number of halogens is 3. The van der Waals surface area contributed by atoms with Gasteiger partial charge in [0.05, 0.1) is 17.2 Å². The molecular weight excluding hydrogens is 273 g/mol. The summed E-state index contributed by atoms with van der Waals surface area (Å²) in [5.41, 5.74) is -1.07. The van der Waals surface area contributed by atoms with Crippen LogP contribution in [0.25, 0.3) is 0 Å². The van der Waals surface area contributed by atoms with Crippen molar-refractivity contribution in [3.8, 4) is 11.8 Å². The first-order valence-corrected chi connectivity index (χ1v) is 5.49. The van der Waals surface area contributed by atoms with Crippen molar-refractivity contribution in [2.24, 2.45) is 7.05 Å². The van der Waals surface area contributed by atoms with E-state index in [2.05, 4.69) is 10.1 Å². The second-order valence-corrected chi connectivity index (χ2v) is 3.91. The molecule has 0 fully saturated rings. The van der Waals surface area contributed by atoms with E-state index < -0.39 is 11.7 Å². The van der Waals surface area contributed by atoms with Gasteiger partial charge in [0.2, 0.25) is 0 Å². The Morgan fingerprint density at radius 3 is 2.70 bits per heavy atom. The molecule has 0 saturated heterocycles. The third-order valence-electron chi connectivity index (χ3n) is 2.58. The minimum atomic E-state index is -4.60. The summed E-state index contributed by atoms with van der Waals surface area (Å²) in [7, 11) is 1.61. The van der Waals surface area contributed by atoms with Crippen LogP contribution in [-0.2, 0) is 19.8 Å². The van der Waals surface area contributed by atoms with Crippen molar-refractivity contribution in [2.45, 2.75) is 12.8 Å². The molecule has 0 saturated carbocycles. The van der Waals surface area contributed by atoms with Crippen LogP contribution < -0.4 is 4.74 Å². The van der Waals surface area contributed by atoms with Crippen molar-refractivity contribution in [1.29, 1.82) is 5.26 Å². The lowest BCUT2D eigenvalue weighted by atomic mass is 10.1. The van der Waals surface area contributed by atoms with Gasteiger partial charge in [0.1, 0.15) is 18.7 Å². The van der Waals surface area contributed by atoms with Gasteiger partial charge in [0.25, 0.3) is 0 Å². The standard InChI is InChI=1S/C12H9F3N4O/c1-19-11(17-7-18-19)6-20-10-3-2-8(5-16)4-9(10)12(13,14)15/h2-4,7H,6H2,1H3. The summed E-state index contributed by atoms with van der Waals surface area (Å²) in [5.74, 6) is 0.0435. The largest absolute Gasteiger partial charge is 0.485 e. The molecule has 0 aliphatic rings. The summed E-state index contributed by atoms with van der Waals surface area (Å²) >= 11 is 0. The van der Waals surface area contributed by atoms with Gasteiger partial charge in [-0.3, -0.25) is 4.68 Å². The molecule has 8 heteroatoms. The number of aryl methyl sites for hydroxylation is 1. The molecule has 0 aliphatic carbocycles. The fourth-order valence-corrected chi connectivity index (χ4v) is 1.54. The average Bonchev–Trinajstić information content (AvgIpc) is 2.80. The number of nitriles is 1. The van der Waals surface area contributed by atoms with Crippen LogP contribution in [0.4, 0.5) is 13.2 Å². The zero-order chi connectivity index (χ0) is 14.8. The van der Waals surface area contributed by atoms with Crippen molar-refractivity contribution in [2.75, 3.05) is 0 Å². The molecule has 0 aliphatic heterocycles. The topological polar surface area (TPSA) is 63.7 Å². The lowest BCUT2D eigenvalue weighted by Crippen LogP contribution is -2.11. The summed E-state index contributed by atoms with van der Waals surface area (Å²) in [5, 5.41) is 12.4. The SMILES string of the molecule is Cn1ncnc1COc1ccc(C#N)cc1C(F)(F)F. The van der Waals surface area contributed by atoms with Crippen molar-refractivity contribution in [1.82, 2.24) is 14.8 Å². The number of nitrogens with zero attached hydrogens (tertiary/aromatic N) is 4. The Labute approximate surface area is 112 Å². The quantitative estimate of drug-likeness (QED) is 0.866. The van der Waals surface area contributed by atoms with E-state index in [1.807, 2.05) is 0 Å². The highest BCUT2D eigenvalue weighted by Crippen LogP contribution is 2.37. The molecule has 1 heterocycles. The second kappa shape index (κ2) is 5.21. The molecule has 1 aromatic carbocycles. The second-order valence-electron chi connectivity index (χ2n) is 3.91. The van der Waals surface area contributed by atoms with E-state index in [0.717, 1.165) is 12.1 Å². The molecule has 20 heavy (non-hydrogen) atoms. The van der Waals surface area contributed by atoms with Crippen LogP contribution in [0.2, 0.25) is 0 Å². The number of hydrogen-bond donors (Lipinski definition) is 0. The molecule has 2 rings (SSSR count). The summed E-state index contributed by atoms with van der Waals surface area (Å²) in [6, 6.07) is 4.81. The molecule has 104 valence electrons. The first kappa shape index (κ1) is 13.9. The van der Waals surface area contributed by atoms with Crippen LogP contribution in [0.5, 0.6) is 5.75 Å². The van der Waals surface area contributed by atoms with E-state index >= 15 is 0 Å². The lowest BCUT2D eigenvalue weighted by molar-refractivity contribution is -0.139. The van der Waals surface area contributed by atoms with Crippen molar-refractivity contribution >= 4 is 0 Å². The van der Waals surface area contributed by atoms with E-state index in [1.165, 1.54) is 17.1 Å². The zero-order valence-electron chi connectivity index (χ0n) is 10.3. The third-order valence-corrected chi connectivity index (χ3v) is 2.58. The van der Waals surface area contributed by atoms with Gasteiger partial charge in [-0.25, -0.2) is 4.98 Å². The van der Waals surface area contributed by atoms with Gasteiger partial charge in [-0.05, 0) is 18.2 Å². The van der Waals surface area contributed by atoms with Crippen LogP contribution in [0.1, 0.15) is 17.0 Å². The molecule has 2 aromatic rings. The molecule has 0 N–H and O–H groups in total. The van der Waals surface area contributed by atoms with E-state index in [4.69, 9.17) is 10.00 Å². The number of hydrogen-bond acceptors (Lipinski definition) is 4. The number of ether oxygens (including phenoxy) is 1. The Kier molecular flexibility index (Phi) is 3.61. The third kappa shape index (κ3) is 2.88. The van der Waals surface area contributed by atoms with E-state index in [0.29, 0.717) is 5.82 Å². The van der Waals surface area contributed by atoms with Gasteiger partial charge in [-0.15, -0.1) is 0 Å². The van der Waals surface area contributed by atoms with E-state index in [-0.39, 0.29) is 17.9 Å². The van der Waals surface area contributed by atoms with Crippen LogP contribution >= 0.6 is 0 Å². The molecule has 0 atom stereocenters. The van der Waals surface area contributed by atoms with Crippen molar-refractivity contribution < 1.29 is 17.9 Å². The summed E-state index contributed by atoms with van der Waals surface area (Å²) in [6.07, 6.45) is -3.32.